The summed E-state index contributed by atoms with van der Waals surface area (Å²) in [6.45, 7) is 0.552. The Morgan fingerprint density at radius 1 is 1.03 bits per heavy atom. The van der Waals surface area contributed by atoms with Crippen LogP contribution in [0.3, 0.4) is 0 Å². The van der Waals surface area contributed by atoms with Crippen LogP contribution < -0.4 is 10.1 Å². The smallest absolute Gasteiger partial charge is 0.270 e. The minimum Gasteiger partial charge on any atom is -0.497 e. The van der Waals surface area contributed by atoms with Gasteiger partial charge in [0.15, 0.2) is 0 Å². The number of aromatic nitrogens is 3. The molecule has 1 N–H and O–H groups in total. The molecule has 1 amide bonds. The largest absolute Gasteiger partial charge is 0.497 e. The molecule has 6 nitrogen and oxygen atoms in total. The van der Waals surface area contributed by atoms with Crippen molar-refractivity contribution in [1.29, 1.82) is 0 Å². The molecule has 6 heteroatoms. The normalized spacial score (nSPS) is 10.7. The minimum absolute atomic E-state index is 0.158. The highest BCUT2D eigenvalue weighted by Crippen LogP contribution is 2.23. The lowest BCUT2D eigenvalue weighted by Crippen LogP contribution is -2.27. The van der Waals surface area contributed by atoms with Gasteiger partial charge in [0.25, 0.3) is 5.91 Å². The summed E-state index contributed by atoms with van der Waals surface area (Å²) in [5, 5.41) is 7.74. The van der Waals surface area contributed by atoms with E-state index in [1.165, 1.54) is 5.56 Å². The molecule has 0 saturated heterocycles. The van der Waals surface area contributed by atoms with Crippen molar-refractivity contribution < 1.29 is 9.53 Å². The zero-order chi connectivity index (χ0) is 20.9. The summed E-state index contributed by atoms with van der Waals surface area (Å²) in [6, 6.07) is 23.4. The molecule has 2 aromatic carbocycles. The fraction of sp³-hybridized carbons (Fsp3) is 0.167. The van der Waals surface area contributed by atoms with Gasteiger partial charge in [-0.3, -0.25) is 4.79 Å². The number of aryl methyl sites for hydroxylation is 1. The Morgan fingerprint density at radius 2 is 1.80 bits per heavy atom. The predicted octanol–water partition coefficient (Wildman–Crippen LogP) is 3.86. The van der Waals surface area contributed by atoms with Crippen molar-refractivity contribution in [3.63, 3.8) is 0 Å². The second-order valence-corrected chi connectivity index (χ2v) is 7.02. The molecule has 0 fully saturated rings. The molecule has 152 valence electrons. The van der Waals surface area contributed by atoms with Gasteiger partial charge < -0.3 is 14.6 Å². The monoisotopic (exact) mass is 400 g/mol. The third-order valence-corrected chi connectivity index (χ3v) is 5.01. The second kappa shape index (κ2) is 8.69. The Kier molecular flexibility index (Phi) is 5.66. The van der Waals surface area contributed by atoms with E-state index in [1.807, 2.05) is 78.5 Å². The highest BCUT2D eigenvalue weighted by Gasteiger charge is 2.18. The van der Waals surface area contributed by atoms with Crippen LogP contribution >= 0.6 is 0 Å². The molecule has 4 rings (SSSR count). The van der Waals surface area contributed by atoms with Crippen molar-refractivity contribution in [2.45, 2.75) is 6.42 Å². The zero-order valence-electron chi connectivity index (χ0n) is 17.1. The lowest BCUT2D eigenvalue weighted by Gasteiger charge is -2.09. The molecule has 0 aliphatic rings. The summed E-state index contributed by atoms with van der Waals surface area (Å²) in [4.78, 5) is 13.0. The fourth-order valence-corrected chi connectivity index (χ4v) is 3.37. The zero-order valence-corrected chi connectivity index (χ0v) is 17.1. The molecule has 0 spiro atoms. The molecule has 0 aliphatic heterocycles. The van der Waals surface area contributed by atoms with Crippen molar-refractivity contribution in [3.8, 4) is 22.8 Å². The number of ether oxygens (including phenoxy) is 1. The molecule has 0 atom stereocenters. The van der Waals surface area contributed by atoms with Gasteiger partial charge in [0.05, 0.1) is 18.5 Å². The summed E-state index contributed by atoms with van der Waals surface area (Å²) >= 11 is 0. The number of nitrogens with zero attached hydrogens (tertiary/aromatic N) is 3. The standard InChI is InChI=1S/C24H24N4O2/c1-27-16-6-9-22(27)21-17-23(24(29)25-15-14-18-7-4-3-5-8-18)28(26-21)19-10-12-20(30-2)13-11-19/h3-13,16-17H,14-15H2,1-2H3,(H,25,29). The molecule has 30 heavy (non-hydrogen) atoms. The Labute approximate surface area is 175 Å². The van der Waals surface area contributed by atoms with Crippen LogP contribution in [0.1, 0.15) is 16.1 Å². The first-order chi connectivity index (χ1) is 14.7. The van der Waals surface area contributed by atoms with E-state index in [0.29, 0.717) is 12.2 Å². The van der Waals surface area contributed by atoms with Gasteiger partial charge in [-0.15, -0.1) is 0 Å². The molecule has 0 bridgehead atoms. The van der Waals surface area contributed by atoms with Crippen molar-refractivity contribution in [1.82, 2.24) is 19.7 Å². The Balaban J connectivity index is 1.61. The highest BCUT2D eigenvalue weighted by molar-refractivity contribution is 5.94. The molecular formula is C24H24N4O2. The van der Waals surface area contributed by atoms with Crippen LogP contribution in [0.4, 0.5) is 0 Å². The van der Waals surface area contributed by atoms with Gasteiger partial charge in [-0.25, -0.2) is 4.68 Å². The lowest BCUT2D eigenvalue weighted by atomic mass is 10.1. The summed E-state index contributed by atoms with van der Waals surface area (Å²) < 4.78 is 8.91. The predicted molar refractivity (Wildman–Crippen MR) is 117 cm³/mol. The van der Waals surface area contributed by atoms with Gasteiger partial charge in [0.2, 0.25) is 0 Å². The van der Waals surface area contributed by atoms with Gasteiger partial charge in [-0.05, 0) is 54.4 Å². The van der Waals surface area contributed by atoms with E-state index in [4.69, 9.17) is 9.84 Å². The molecule has 0 saturated carbocycles. The number of carbonyl (C=O) groups excluding carboxylic acids is 1. The molecule has 2 heterocycles. The van der Waals surface area contributed by atoms with Crippen LogP contribution in [0.25, 0.3) is 17.1 Å². The number of amides is 1. The quantitative estimate of drug-likeness (QED) is 0.512. The van der Waals surface area contributed by atoms with Crippen molar-refractivity contribution in [2.75, 3.05) is 13.7 Å². The molecule has 0 unspecified atom stereocenters. The summed E-state index contributed by atoms with van der Waals surface area (Å²) in [7, 11) is 3.59. The first kappa shape index (κ1) is 19.5. The van der Waals surface area contributed by atoms with Gasteiger partial charge in [0, 0.05) is 19.8 Å². The molecule has 0 aliphatic carbocycles. The number of rotatable bonds is 7. The van der Waals surface area contributed by atoms with Crippen LogP contribution in [-0.4, -0.2) is 33.9 Å². The number of benzene rings is 2. The average Bonchev–Trinajstić information content (AvgIpc) is 3.41. The number of methoxy groups -OCH3 is 1. The van der Waals surface area contributed by atoms with Crippen LogP contribution in [0.2, 0.25) is 0 Å². The van der Waals surface area contributed by atoms with E-state index in [1.54, 1.807) is 11.8 Å². The molecule has 2 aromatic heterocycles. The van der Waals surface area contributed by atoms with Crippen molar-refractivity contribution in [3.05, 3.63) is 90.3 Å². The topological polar surface area (TPSA) is 61.1 Å². The lowest BCUT2D eigenvalue weighted by molar-refractivity contribution is 0.0946. The number of carbonyl (C=O) groups is 1. The SMILES string of the molecule is COc1ccc(-n2nc(-c3cccn3C)cc2C(=O)NCCc2ccccc2)cc1. The van der Waals surface area contributed by atoms with E-state index in [2.05, 4.69) is 17.4 Å². The van der Waals surface area contributed by atoms with Gasteiger partial charge in [-0.1, -0.05) is 30.3 Å². The van der Waals surface area contributed by atoms with E-state index in [-0.39, 0.29) is 5.91 Å². The van der Waals surface area contributed by atoms with Gasteiger partial charge in [0.1, 0.15) is 17.1 Å². The van der Waals surface area contributed by atoms with E-state index < -0.39 is 0 Å². The second-order valence-electron chi connectivity index (χ2n) is 7.02. The fourth-order valence-electron chi connectivity index (χ4n) is 3.37. The number of hydrogen-bond acceptors (Lipinski definition) is 3. The Bertz CT molecular complexity index is 1130. The summed E-state index contributed by atoms with van der Waals surface area (Å²) in [5.74, 6) is 0.595. The Hall–Kier alpha value is -3.80. The van der Waals surface area contributed by atoms with Crippen LogP contribution in [0.5, 0.6) is 5.75 Å². The van der Waals surface area contributed by atoms with Crippen LogP contribution in [0, 0.1) is 0 Å². The van der Waals surface area contributed by atoms with Crippen molar-refractivity contribution >= 4 is 5.91 Å². The van der Waals surface area contributed by atoms with E-state index in [0.717, 1.165) is 29.2 Å². The van der Waals surface area contributed by atoms with Crippen LogP contribution in [-0.2, 0) is 13.5 Å². The summed E-state index contributed by atoms with van der Waals surface area (Å²) in [6.07, 6.45) is 2.73. The number of nitrogens with one attached hydrogen (secondary N) is 1. The van der Waals surface area contributed by atoms with E-state index in [9.17, 15) is 4.79 Å². The third-order valence-electron chi connectivity index (χ3n) is 5.01. The molecule has 4 aromatic rings. The van der Waals surface area contributed by atoms with Gasteiger partial charge >= 0.3 is 0 Å². The first-order valence-electron chi connectivity index (χ1n) is 9.84. The minimum atomic E-state index is -0.158. The maximum absolute atomic E-state index is 13.0. The van der Waals surface area contributed by atoms with Crippen molar-refractivity contribution in [2.24, 2.45) is 7.05 Å². The van der Waals surface area contributed by atoms with E-state index >= 15 is 0 Å². The number of hydrogen-bond donors (Lipinski definition) is 1. The molecule has 0 radical (unpaired) electrons. The highest BCUT2D eigenvalue weighted by atomic mass is 16.5. The Morgan fingerprint density at radius 3 is 2.47 bits per heavy atom. The summed E-state index contributed by atoms with van der Waals surface area (Å²) in [5.41, 5.74) is 4.16. The third kappa shape index (κ3) is 4.12. The first-order valence-corrected chi connectivity index (χ1v) is 9.84. The maximum Gasteiger partial charge on any atom is 0.270 e. The molecular weight excluding hydrogens is 376 g/mol. The average molecular weight is 400 g/mol. The van der Waals surface area contributed by atoms with Gasteiger partial charge in [-0.2, -0.15) is 5.10 Å². The van der Waals surface area contributed by atoms with Crippen LogP contribution in [0.15, 0.2) is 79.0 Å². The maximum atomic E-state index is 13.0.